The highest BCUT2D eigenvalue weighted by Gasteiger charge is 2.07. The lowest BCUT2D eigenvalue weighted by Gasteiger charge is -1.94. The molecule has 0 aromatic carbocycles. The molecular weight excluding hydrogens is 222 g/mol. The quantitative estimate of drug-likeness (QED) is 0.687. The molecule has 6 heteroatoms. The van der Waals surface area contributed by atoms with Crippen LogP contribution < -0.4 is 5.73 Å². The molecule has 0 aliphatic carbocycles. The van der Waals surface area contributed by atoms with Gasteiger partial charge >= 0.3 is 0 Å². The average Bonchev–Trinajstić information content (AvgIpc) is 2.73. The van der Waals surface area contributed by atoms with Crippen molar-refractivity contribution < 1.29 is 0 Å². The van der Waals surface area contributed by atoms with E-state index >= 15 is 0 Å². The highest BCUT2D eigenvalue weighted by atomic mass is 32.1. The zero-order valence-electron chi connectivity index (χ0n) is 8.16. The van der Waals surface area contributed by atoms with Crippen LogP contribution in [0.3, 0.4) is 0 Å². The normalized spacial score (nSPS) is 10.8. The number of nitrogens with two attached hydrogens (primary N) is 1. The Hall–Kier alpha value is -2.08. The van der Waals surface area contributed by atoms with E-state index in [9.17, 15) is 0 Å². The van der Waals surface area contributed by atoms with Crippen LogP contribution in [0.2, 0.25) is 0 Å². The van der Waals surface area contributed by atoms with Gasteiger partial charge in [0.15, 0.2) is 10.5 Å². The van der Waals surface area contributed by atoms with E-state index < -0.39 is 0 Å². The molecule has 0 saturated carbocycles. The molecule has 3 aromatic rings. The molecule has 2 N–H and O–H groups in total. The minimum absolute atomic E-state index is 0.501. The Labute approximate surface area is 95.0 Å². The first kappa shape index (κ1) is 9.17. The topological polar surface area (TPSA) is 77.6 Å². The van der Waals surface area contributed by atoms with Crippen LogP contribution in [0.4, 0.5) is 5.82 Å². The lowest BCUT2D eigenvalue weighted by Crippen LogP contribution is -1.88. The van der Waals surface area contributed by atoms with Gasteiger partial charge < -0.3 is 5.73 Å². The largest absolute Gasteiger partial charge is 0.384 e. The molecule has 3 aromatic heterocycles. The van der Waals surface area contributed by atoms with Crippen LogP contribution in [-0.4, -0.2) is 19.9 Å². The molecule has 0 atom stereocenters. The summed E-state index contributed by atoms with van der Waals surface area (Å²) in [6.45, 7) is 0. The third-order valence-electron chi connectivity index (χ3n) is 2.08. The Bertz CT molecular complexity index is 598. The molecule has 0 amide bonds. The van der Waals surface area contributed by atoms with Crippen molar-refractivity contribution in [3.63, 3.8) is 0 Å². The maximum Gasteiger partial charge on any atom is 0.190 e. The van der Waals surface area contributed by atoms with Crippen molar-refractivity contribution in [2.45, 2.75) is 0 Å². The Morgan fingerprint density at radius 2 is 1.94 bits per heavy atom. The van der Waals surface area contributed by atoms with Gasteiger partial charge in [-0.1, -0.05) is 11.3 Å². The fraction of sp³-hybridized carbons (Fsp3) is 0. The summed E-state index contributed by atoms with van der Waals surface area (Å²) in [5.74, 6) is 0.501. The number of nitrogen functional groups attached to an aromatic ring is 1. The Morgan fingerprint density at radius 1 is 1.06 bits per heavy atom. The summed E-state index contributed by atoms with van der Waals surface area (Å²) in [4.78, 5) is 17.6. The van der Waals surface area contributed by atoms with Gasteiger partial charge in [0.2, 0.25) is 0 Å². The summed E-state index contributed by atoms with van der Waals surface area (Å²) >= 11 is 1.49. The summed E-state index contributed by atoms with van der Waals surface area (Å²) < 4.78 is 0. The first-order valence-corrected chi connectivity index (χ1v) is 5.44. The third-order valence-corrected chi connectivity index (χ3v) is 3.08. The van der Waals surface area contributed by atoms with E-state index in [1.807, 2.05) is 6.07 Å². The average molecular weight is 229 g/mol. The molecule has 0 radical (unpaired) electrons. The molecule has 0 unspecified atom stereocenters. The summed E-state index contributed by atoms with van der Waals surface area (Å²) in [7, 11) is 0. The standard InChI is InChI=1S/C10H7N5S/c11-7-2-1-6(5-14-7)9-15-8-10(16-9)13-4-3-12-8/h1-5H,(H2,11,14). The van der Waals surface area contributed by atoms with E-state index in [1.165, 1.54) is 11.3 Å². The predicted molar refractivity (Wildman–Crippen MR) is 62.9 cm³/mol. The van der Waals surface area contributed by atoms with E-state index in [-0.39, 0.29) is 0 Å². The molecule has 0 saturated heterocycles. The summed E-state index contributed by atoms with van der Waals surface area (Å²) in [5, 5.41) is 0.855. The van der Waals surface area contributed by atoms with Crippen LogP contribution in [0, 0.1) is 0 Å². The molecule has 0 spiro atoms. The van der Waals surface area contributed by atoms with E-state index in [4.69, 9.17) is 5.73 Å². The van der Waals surface area contributed by atoms with Gasteiger partial charge in [0.05, 0.1) is 0 Å². The molecule has 5 nitrogen and oxygen atoms in total. The first-order valence-electron chi connectivity index (χ1n) is 4.62. The second-order valence-corrected chi connectivity index (χ2v) is 4.15. The molecule has 3 rings (SSSR count). The lowest BCUT2D eigenvalue weighted by atomic mass is 10.3. The van der Waals surface area contributed by atoms with Gasteiger partial charge in [-0.15, -0.1) is 0 Å². The van der Waals surface area contributed by atoms with Crippen molar-refractivity contribution in [1.82, 2.24) is 19.9 Å². The maximum atomic E-state index is 5.53. The Morgan fingerprint density at radius 3 is 2.69 bits per heavy atom. The number of aromatic nitrogens is 4. The molecule has 0 aliphatic heterocycles. The lowest BCUT2D eigenvalue weighted by molar-refractivity contribution is 1.26. The fourth-order valence-electron chi connectivity index (χ4n) is 1.33. The molecule has 3 heterocycles. The zero-order chi connectivity index (χ0) is 11.0. The number of nitrogens with zero attached hydrogens (tertiary/aromatic N) is 4. The molecule has 0 bridgehead atoms. The van der Waals surface area contributed by atoms with Crippen LogP contribution in [0.1, 0.15) is 0 Å². The van der Waals surface area contributed by atoms with Crippen molar-refractivity contribution in [3.05, 3.63) is 30.7 Å². The molecular formula is C10H7N5S. The number of pyridine rings is 1. The number of rotatable bonds is 1. The van der Waals surface area contributed by atoms with Gasteiger partial charge in [0.1, 0.15) is 10.8 Å². The van der Waals surface area contributed by atoms with Crippen LogP contribution in [0.15, 0.2) is 30.7 Å². The number of anilines is 1. The number of hydrogen-bond donors (Lipinski definition) is 1. The van der Waals surface area contributed by atoms with Crippen molar-refractivity contribution in [3.8, 4) is 10.6 Å². The third kappa shape index (κ3) is 1.49. The van der Waals surface area contributed by atoms with Gasteiger partial charge in [-0.2, -0.15) is 0 Å². The molecule has 0 fully saturated rings. The van der Waals surface area contributed by atoms with Crippen molar-refractivity contribution in [2.75, 3.05) is 5.73 Å². The summed E-state index contributed by atoms with van der Waals surface area (Å²) in [6, 6.07) is 3.64. The minimum atomic E-state index is 0.501. The zero-order valence-corrected chi connectivity index (χ0v) is 8.98. The van der Waals surface area contributed by atoms with Gasteiger partial charge in [0, 0.05) is 24.2 Å². The van der Waals surface area contributed by atoms with Crippen molar-refractivity contribution in [2.24, 2.45) is 0 Å². The van der Waals surface area contributed by atoms with Crippen LogP contribution in [0.5, 0.6) is 0 Å². The first-order chi connectivity index (χ1) is 7.83. The summed E-state index contributed by atoms with van der Waals surface area (Å²) in [5.41, 5.74) is 7.12. The summed E-state index contributed by atoms with van der Waals surface area (Å²) in [6.07, 6.45) is 4.99. The minimum Gasteiger partial charge on any atom is -0.384 e. The predicted octanol–water partition coefficient (Wildman–Crippen LogP) is 1.73. The highest BCUT2D eigenvalue weighted by Crippen LogP contribution is 2.27. The molecule has 16 heavy (non-hydrogen) atoms. The fourth-order valence-corrected chi connectivity index (χ4v) is 2.19. The van der Waals surface area contributed by atoms with Crippen molar-refractivity contribution >= 4 is 27.6 Å². The van der Waals surface area contributed by atoms with E-state index in [1.54, 1.807) is 24.7 Å². The molecule has 78 valence electrons. The van der Waals surface area contributed by atoms with Crippen LogP contribution in [-0.2, 0) is 0 Å². The Kier molecular flexibility index (Phi) is 2.00. The maximum absolute atomic E-state index is 5.53. The van der Waals surface area contributed by atoms with Gasteiger partial charge in [-0.25, -0.2) is 19.9 Å². The van der Waals surface area contributed by atoms with E-state index in [2.05, 4.69) is 19.9 Å². The number of fused-ring (bicyclic) bond motifs is 1. The number of thiazole rings is 1. The second kappa shape index (κ2) is 3.49. The van der Waals surface area contributed by atoms with Gasteiger partial charge in [-0.05, 0) is 12.1 Å². The van der Waals surface area contributed by atoms with E-state index in [0.29, 0.717) is 11.5 Å². The van der Waals surface area contributed by atoms with Crippen LogP contribution >= 0.6 is 11.3 Å². The SMILES string of the molecule is Nc1ccc(-c2nc3nccnc3s2)cn1. The Balaban J connectivity index is 2.15. The van der Waals surface area contributed by atoms with Gasteiger partial charge in [0.25, 0.3) is 0 Å². The second-order valence-electron chi connectivity index (χ2n) is 3.18. The molecule has 0 aliphatic rings. The van der Waals surface area contributed by atoms with Gasteiger partial charge in [-0.3, -0.25) is 0 Å². The number of hydrogen-bond acceptors (Lipinski definition) is 6. The monoisotopic (exact) mass is 229 g/mol. The highest BCUT2D eigenvalue weighted by molar-refractivity contribution is 7.21. The van der Waals surface area contributed by atoms with E-state index in [0.717, 1.165) is 15.4 Å². The van der Waals surface area contributed by atoms with Crippen molar-refractivity contribution in [1.29, 1.82) is 0 Å². The smallest absolute Gasteiger partial charge is 0.190 e. The van der Waals surface area contributed by atoms with Crippen LogP contribution in [0.25, 0.3) is 21.0 Å².